The maximum Gasteiger partial charge on any atom is 0.226 e. The molecule has 23 heavy (non-hydrogen) atoms. The first-order chi connectivity index (χ1) is 11.1. The Morgan fingerprint density at radius 3 is 2.74 bits per heavy atom. The number of carbonyl (C=O) groups is 1. The topological polar surface area (TPSA) is 44.1 Å². The molecule has 1 saturated carbocycles. The van der Waals surface area contributed by atoms with E-state index in [1.165, 1.54) is 12.1 Å². The molecule has 3 rings (SSSR count). The van der Waals surface area contributed by atoms with Crippen LogP contribution in [-0.4, -0.2) is 17.9 Å². The molecule has 0 aliphatic heterocycles. The summed E-state index contributed by atoms with van der Waals surface area (Å²) in [6.45, 7) is 0.487. The quantitative estimate of drug-likeness (QED) is 0.868. The lowest BCUT2D eigenvalue weighted by Crippen LogP contribution is -2.28. The molecule has 3 nitrogen and oxygen atoms in total. The van der Waals surface area contributed by atoms with Crippen molar-refractivity contribution in [3.8, 4) is 6.07 Å². The SMILES string of the molecule is CN(Cc1cccc(C#N)c1)C(=O)[C@H]1C[C@@H]1c1ccc(F)cc1. The van der Waals surface area contributed by atoms with Crippen LogP contribution in [0.25, 0.3) is 0 Å². The molecule has 0 saturated heterocycles. The number of rotatable bonds is 4. The summed E-state index contributed by atoms with van der Waals surface area (Å²) in [6, 6.07) is 15.8. The molecule has 0 spiro atoms. The third kappa shape index (κ3) is 3.40. The van der Waals surface area contributed by atoms with Gasteiger partial charge in [-0.15, -0.1) is 0 Å². The highest BCUT2D eigenvalue weighted by Crippen LogP contribution is 2.48. The van der Waals surface area contributed by atoms with Gasteiger partial charge in [-0.25, -0.2) is 4.39 Å². The van der Waals surface area contributed by atoms with Gasteiger partial charge in [-0.2, -0.15) is 5.26 Å². The summed E-state index contributed by atoms with van der Waals surface area (Å²) in [5.41, 5.74) is 2.56. The molecule has 2 aromatic rings. The van der Waals surface area contributed by atoms with Gasteiger partial charge in [0, 0.05) is 19.5 Å². The molecule has 2 atom stereocenters. The molecular weight excluding hydrogens is 291 g/mol. The third-order valence-corrected chi connectivity index (χ3v) is 4.26. The molecule has 0 bridgehead atoms. The van der Waals surface area contributed by atoms with Crippen LogP contribution in [0, 0.1) is 23.1 Å². The van der Waals surface area contributed by atoms with Gasteiger partial charge in [-0.1, -0.05) is 24.3 Å². The summed E-state index contributed by atoms with van der Waals surface area (Å²) >= 11 is 0. The summed E-state index contributed by atoms with van der Waals surface area (Å²) in [4.78, 5) is 14.2. The molecular formula is C19H17FN2O. The number of halogens is 1. The van der Waals surface area contributed by atoms with E-state index in [-0.39, 0.29) is 23.6 Å². The fourth-order valence-corrected chi connectivity index (χ4v) is 2.92. The van der Waals surface area contributed by atoms with Crippen molar-refractivity contribution < 1.29 is 9.18 Å². The van der Waals surface area contributed by atoms with E-state index in [0.29, 0.717) is 12.1 Å². The summed E-state index contributed by atoms with van der Waals surface area (Å²) in [7, 11) is 1.78. The Balaban J connectivity index is 1.62. The maximum absolute atomic E-state index is 13.0. The van der Waals surface area contributed by atoms with Crippen molar-refractivity contribution in [3.63, 3.8) is 0 Å². The Labute approximate surface area is 135 Å². The van der Waals surface area contributed by atoms with Gasteiger partial charge >= 0.3 is 0 Å². The standard InChI is InChI=1S/C19H17FN2O/c1-22(12-14-4-2-3-13(9-14)11-21)19(23)18-10-17(18)15-5-7-16(20)8-6-15/h2-9,17-18H,10,12H2,1H3/t17-,18+/m1/s1. The Kier molecular flexibility index (Phi) is 4.12. The highest BCUT2D eigenvalue weighted by atomic mass is 19.1. The zero-order valence-corrected chi connectivity index (χ0v) is 12.9. The normalized spacial score (nSPS) is 19.0. The molecule has 1 aliphatic carbocycles. The van der Waals surface area contributed by atoms with E-state index in [4.69, 9.17) is 5.26 Å². The maximum atomic E-state index is 13.0. The summed E-state index contributed by atoms with van der Waals surface area (Å²) in [6.07, 6.45) is 0.813. The van der Waals surface area contributed by atoms with Gasteiger partial charge < -0.3 is 4.90 Å². The minimum Gasteiger partial charge on any atom is -0.341 e. The molecule has 4 heteroatoms. The number of amides is 1. The molecule has 1 amide bonds. The Morgan fingerprint density at radius 1 is 1.30 bits per heavy atom. The van der Waals surface area contributed by atoms with Gasteiger partial charge in [0.05, 0.1) is 11.6 Å². The number of hydrogen-bond donors (Lipinski definition) is 0. The van der Waals surface area contributed by atoms with Crippen LogP contribution in [0.15, 0.2) is 48.5 Å². The molecule has 0 aromatic heterocycles. The number of benzene rings is 2. The van der Waals surface area contributed by atoms with Crippen molar-refractivity contribution in [2.75, 3.05) is 7.05 Å². The fourth-order valence-electron chi connectivity index (χ4n) is 2.92. The number of hydrogen-bond acceptors (Lipinski definition) is 2. The highest BCUT2D eigenvalue weighted by molar-refractivity contribution is 5.82. The Bertz CT molecular complexity index is 764. The van der Waals surface area contributed by atoms with Gasteiger partial charge in [-0.05, 0) is 47.7 Å². The van der Waals surface area contributed by atoms with Crippen LogP contribution in [0.4, 0.5) is 4.39 Å². The lowest BCUT2D eigenvalue weighted by Gasteiger charge is -2.17. The van der Waals surface area contributed by atoms with E-state index in [2.05, 4.69) is 6.07 Å². The van der Waals surface area contributed by atoms with Crippen LogP contribution >= 0.6 is 0 Å². The second-order valence-corrected chi connectivity index (χ2v) is 6.01. The number of nitrogens with zero attached hydrogens (tertiary/aromatic N) is 2. The van der Waals surface area contributed by atoms with Crippen LogP contribution < -0.4 is 0 Å². The first-order valence-electron chi connectivity index (χ1n) is 7.58. The second-order valence-electron chi connectivity index (χ2n) is 6.01. The van der Waals surface area contributed by atoms with Crippen molar-refractivity contribution >= 4 is 5.91 Å². The van der Waals surface area contributed by atoms with E-state index >= 15 is 0 Å². The van der Waals surface area contributed by atoms with Crippen LogP contribution in [-0.2, 0) is 11.3 Å². The van der Waals surface area contributed by atoms with E-state index in [9.17, 15) is 9.18 Å². The average molecular weight is 308 g/mol. The lowest BCUT2D eigenvalue weighted by atomic mass is 10.1. The summed E-state index contributed by atoms with van der Waals surface area (Å²) in [5, 5.41) is 8.93. The van der Waals surface area contributed by atoms with E-state index < -0.39 is 0 Å². The molecule has 116 valence electrons. The molecule has 0 unspecified atom stereocenters. The molecule has 0 heterocycles. The monoisotopic (exact) mass is 308 g/mol. The molecule has 0 N–H and O–H groups in total. The van der Waals surface area contributed by atoms with Crippen LogP contribution in [0.2, 0.25) is 0 Å². The Morgan fingerprint density at radius 2 is 2.04 bits per heavy atom. The van der Waals surface area contributed by atoms with Crippen molar-refractivity contribution in [1.82, 2.24) is 4.90 Å². The predicted molar refractivity (Wildman–Crippen MR) is 84.9 cm³/mol. The second kappa shape index (κ2) is 6.21. The zero-order valence-electron chi connectivity index (χ0n) is 12.9. The Hall–Kier alpha value is -2.67. The fraction of sp³-hybridized carbons (Fsp3) is 0.263. The van der Waals surface area contributed by atoms with Crippen molar-refractivity contribution in [2.45, 2.75) is 18.9 Å². The van der Waals surface area contributed by atoms with Crippen LogP contribution in [0.5, 0.6) is 0 Å². The lowest BCUT2D eigenvalue weighted by molar-refractivity contribution is -0.131. The van der Waals surface area contributed by atoms with Crippen molar-refractivity contribution in [2.24, 2.45) is 5.92 Å². The largest absolute Gasteiger partial charge is 0.341 e. The minimum atomic E-state index is -0.258. The third-order valence-electron chi connectivity index (χ3n) is 4.26. The van der Waals surface area contributed by atoms with Crippen LogP contribution in [0.1, 0.15) is 29.0 Å². The van der Waals surface area contributed by atoms with Gasteiger partial charge in [0.1, 0.15) is 5.82 Å². The summed E-state index contributed by atoms with van der Waals surface area (Å²) in [5.74, 6) is 0.00839. The van der Waals surface area contributed by atoms with Crippen molar-refractivity contribution in [1.29, 1.82) is 5.26 Å². The van der Waals surface area contributed by atoms with E-state index in [1.54, 1.807) is 36.2 Å². The van der Waals surface area contributed by atoms with Crippen molar-refractivity contribution in [3.05, 3.63) is 71.0 Å². The molecule has 1 fully saturated rings. The zero-order chi connectivity index (χ0) is 16.4. The van der Waals surface area contributed by atoms with Gasteiger partial charge in [-0.3, -0.25) is 4.79 Å². The average Bonchev–Trinajstić information content (AvgIpc) is 3.35. The number of carbonyl (C=O) groups excluding carboxylic acids is 1. The first-order valence-corrected chi connectivity index (χ1v) is 7.58. The molecule has 2 aromatic carbocycles. The van der Waals surface area contributed by atoms with Crippen LogP contribution in [0.3, 0.4) is 0 Å². The van der Waals surface area contributed by atoms with E-state index in [0.717, 1.165) is 17.5 Å². The first kappa shape index (κ1) is 15.2. The van der Waals surface area contributed by atoms with Gasteiger partial charge in [0.15, 0.2) is 0 Å². The molecule has 1 aliphatic rings. The minimum absolute atomic E-state index is 0.0235. The van der Waals surface area contributed by atoms with Gasteiger partial charge in [0.2, 0.25) is 5.91 Å². The van der Waals surface area contributed by atoms with E-state index in [1.807, 2.05) is 12.1 Å². The summed E-state index contributed by atoms with van der Waals surface area (Å²) < 4.78 is 13.0. The van der Waals surface area contributed by atoms with Gasteiger partial charge in [0.25, 0.3) is 0 Å². The predicted octanol–water partition coefficient (Wildman–Crippen LogP) is 3.46. The molecule has 0 radical (unpaired) electrons. The smallest absolute Gasteiger partial charge is 0.226 e. The highest BCUT2D eigenvalue weighted by Gasteiger charge is 2.45. The number of nitriles is 1.